The van der Waals surface area contributed by atoms with Crippen LogP contribution in [0.2, 0.25) is 0 Å². The highest BCUT2D eigenvalue weighted by Crippen LogP contribution is 2.41. The Morgan fingerprint density at radius 3 is 1.55 bits per heavy atom. The molecule has 0 amide bonds. The number of aromatic nitrogens is 2. The van der Waals surface area contributed by atoms with Gasteiger partial charge in [-0.2, -0.15) is 0 Å². The van der Waals surface area contributed by atoms with Crippen LogP contribution >= 0.6 is 0 Å². The van der Waals surface area contributed by atoms with Gasteiger partial charge in [0.15, 0.2) is 8.07 Å². The van der Waals surface area contributed by atoms with E-state index in [9.17, 15) is 13.7 Å². The van der Waals surface area contributed by atoms with Gasteiger partial charge in [0.05, 0.1) is 50.9 Å². The number of rotatable bonds is 6. The van der Waals surface area contributed by atoms with E-state index < -0.39 is 138 Å². The molecule has 0 aliphatic rings. The number of fused-ring (bicyclic) bond motifs is 7. The zero-order chi connectivity index (χ0) is 52.1. The van der Waals surface area contributed by atoms with Crippen molar-refractivity contribution >= 4 is 72.4 Å². The fraction of sp³-hybridized carbons (Fsp3) is 0. The smallest absolute Gasteiger partial charge is 0.179 e. The van der Waals surface area contributed by atoms with Crippen molar-refractivity contribution < 1.29 is 28.8 Å². The minimum absolute atomic E-state index is 0.000300. The van der Waals surface area contributed by atoms with Crippen molar-refractivity contribution in [2.24, 2.45) is 0 Å². The van der Waals surface area contributed by atoms with Gasteiger partial charge in [0.25, 0.3) is 0 Å². The maximum atomic E-state index is 9.72. The maximum Gasteiger partial charge on any atom is 0.179 e. The van der Waals surface area contributed by atoms with Gasteiger partial charge in [0.1, 0.15) is 0 Å². The van der Waals surface area contributed by atoms with Crippen LogP contribution < -0.4 is 20.7 Å². The number of para-hydroxylation sites is 3. The summed E-state index contributed by atoms with van der Waals surface area (Å²) in [6, 6.07) is 5.07. The summed E-state index contributed by atoms with van der Waals surface area (Å²) in [7, 11) is -5.49. The quantitative estimate of drug-likeness (QED) is 0.122. The first-order valence-electron chi connectivity index (χ1n) is 26.4. The minimum atomic E-state index is -5.49. The Morgan fingerprint density at radius 1 is 0.353 bits per heavy atom. The Kier molecular flexibility index (Phi) is 3.54. The third kappa shape index (κ3) is 4.42. The lowest BCUT2D eigenvalue weighted by Gasteiger charge is -2.34. The van der Waals surface area contributed by atoms with Crippen molar-refractivity contribution in [2.75, 3.05) is 0 Å². The molecule has 2 aromatic heterocycles. The standard InChI is InChI=1S/C48H34N2Si/c1-5-17-35(18-6-1)50-44-27-15-13-25-41(44)42-33-34-46-47(48(42)50)43-26-14-16-28-45(43)49(46)36-29-31-40(32-30-36)51(37-19-7-2-8-20-37,38-21-9-3-10-22-38)39-23-11-4-12-24-39/h1-34H/i2D,3D,4D,7D,8D,9D,10D,11D,12D,14D,16D,19D,20D,21D,22D,23D,24D,26D,28D,33D,34D. The number of hydrogen-bond acceptors (Lipinski definition) is 0. The molecule has 0 bridgehead atoms. The lowest BCUT2D eigenvalue weighted by Crippen LogP contribution is -2.74. The summed E-state index contributed by atoms with van der Waals surface area (Å²) in [6.07, 6.45) is 0. The minimum Gasteiger partial charge on any atom is -0.309 e. The normalized spacial score (nSPS) is 17.7. The molecule has 0 N–H and O–H groups in total. The van der Waals surface area contributed by atoms with E-state index in [4.69, 9.17) is 15.1 Å². The van der Waals surface area contributed by atoms with E-state index in [-0.39, 0.29) is 44.8 Å². The molecule has 0 atom stereocenters. The van der Waals surface area contributed by atoms with Gasteiger partial charge in [0, 0.05) is 32.9 Å². The summed E-state index contributed by atoms with van der Waals surface area (Å²) in [5, 5.41) is -1.13. The van der Waals surface area contributed by atoms with Crippen LogP contribution in [-0.4, -0.2) is 17.2 Å². The zero-order valence-electron chi connectivity index (χ0n) is 47.4. The molecule has 3 heteroatoms. The van der Waals surface area contributed by atoms with Gasteiger partial charge in [-0.1, -0.05) is 163 Å². The van der Waals surface area contributed by atoms with Gasteiger partial charge in [-0.15, -0.1) is 0 Å². The second-order valence-electron chi connectivity index (χ2n) is 11.7. The molecule has 0 aliphatic heterocycles. The Morgan fingerprint density at radius 2 is 0.902 bits per heavy atom. The second-order valence-corrected chi connectivity index (χ2v) is 15.3. The van der Waals surface area contributed by atoms with Gasteiger partial charge in [-0.25, -0.2) is 0 Å². The van der Waals surface area contributed by atoms with Gasteiger partial charge >= 0.3 is 0 Å². The van der Waals surface area contributed by atoms with E-state index in [0.717, 1.165) is 0 Å². The molecule has 240 valence electrons. The van der Waals surface area contributed by atoms with Gasteiger partial charge in [-0.3, -0.25) is 0 Å². The molecule has 0 aliphatic carbocycles. The molecule has 10 aromatic rings. The van der Waals surface area contributed by atoms with E-state index >= 15 is 0 Å². The molecule has 0 saturated carbocycles. The van der Waals surface area contributed by atoms with Crippen LogP contribution in [0.15, 0.2) is 206 Å². The predicted octanol–water partition coefficient (Wildman–Crippen LogP) is 9.26. The molecular weight excluding hydrogens is 633 g/mol. The first-order chi connectivity index (χ1) is 34.0. The Balaban J connectivity index is 1.44. The van der Waals surface area contributed by atoms with Crippen molar-refractivity contribution in [1.82, 2.24) is 9.13 Å². The van der Waals surface area contributed by atoms with Crippen molar-refractivity contribution in [3.63, 3.8) is 0 Å². The van der Waals surface area contributed by atoms with Crippen molar-refractivity contribution in [3.8, 4) is 11.4 Å². The Bertz CT molecular complexity index is 3800. The van der Waals surface area contributed by atoms with Crippen molar-refractivity contribution in [2.45, 2.75) is 0 Å². The molecule has 2 heterocycles. The lowest BCUT2D eigenvalue weighted by molar-refractivity contribution is 1.17. The molecule has 0 saturated heterocycles. The average Bonchev–Trinajstić information content (AvgIpc) is 3.92. The van der Waals surface area contributed by atoms with Gasteiger partial charge < -0.3 is 9.13 Å². The fourth-order valence-corrected chi connectivity index (χ4v) is 10.9. The maximum absolute atomic E-state index is 9.72. The highest BCUT2D eigenvalue weighted by atomic mass is 28.3. The SMILES string of the molecule is [2H]c1c([2H])c([2H])c([Si](c2ccc(-n3c4c([2H])c([2H])c([2H])c([2H])c4c4c3c([2H])c([2H])c3c5ccccc5n(-c5ccccc5)c34)cc2)(c2c([2H])c([2H])c([2H])c([2H])c2[2H])c2c([2H])c([2H])c([2H])c([2H])c2[2H])c([2H])c1[2H]. The first-order valence-corrected chi connectivity index (χ1v) is 17.9. The van der Waals surface area contributed by atoms with Crippen molar-refractivity contribution in [1.29, 1.82) is 0 Å². The number of benzene rings is 8. The summed E-state index contributed by atoms with van der Waals surface area (Å²) in [6.45, 7) is 0. The zero-order valence-corrected chi connectivity index (χ0v) is 27.4. The largest absolute Gasteiger partial charge is 0.309 e. The van der Waals surface area contributed by atoms with Crippen LogP contribution in [0.1, 0.15) is 28.8 Å². The van der Waals surface area contributed by atoms with Crippen LogP contribution in [0, 0.1) is 0 Å². The summed E-state index contributed by atoms with van der Waals surface area (Å²) < 4.78 is 194. The molecule has 0 unspecified atom stereocenters. The highest BCUT2D eigenvalue weighted by molar-refractivity contribution is 7.19. The summed E-state index contributed by atoms with van der Waals surface area (Å²) >= 11 is 0. The monoisotopic (exact) mass is 687 g/mol. The van der Waals surface area contributed by atoms with E-state index in [1.807, 2.05) is 47.0 Å². The van der Waals surface area contributed by atoms with Crippen LogP contribution in [0.5, 0.6) is 0 Å². The van der Waals surface area contributed by atoms with Crippen LogP contribution in [0.25, 0.3) is 55.0 Å². The summed E-state index contributed by atoms with van der Waals surface area (Å²) in [5.74, 6) is 0. The molecule has 2 nitrogen and oxygen atoms in total. The van der Waals surface area contributed by atoms with Crippen LogP contribution in [-0.2, 0) is 0 Å². The van der Waals surface area contributed by atoms with E-state index in [2.05, 4.69) is 0 Å². The molecule has 0 spiro atoms. The molecule has 0 fully saturated rings. The molecule has 0 radical (unpaired) electrons. The van der Waals surface area contributed by atoms with Crippen LogP contribution in [0.4, 0.5) is 0 Å². The summed E-state index contributed by atoms with van der Waals surface area (Å²) in [5.41, 5.74) is 1.57. The molecule has 51 heavy (non-hydrogen) atoms. The Hall–Kier alpha value is -6.42. The molecule has 10 rings (SSSR count). The van der Waals surface area contributed by atoms with E-state index in [1.165, 1.54) is 28.8 Å². The van der Waals surface area contributed by atoms with E-state index in [0.29, 0.717) is 27.5 Å². The molecule has 8 aromatic carbocycles. The lowest BCUT2D eigenvalue weighted by atomic mass is 10.1. The summed E-state index contributed by atoms with van der Waals surface area (Å²) in [4.78, 5) is 0. The van der Waals surface area contributed by atoms with Crippen molar-refractivity contribution in [3.05, 3.63) is 206 Å². The topological polar surface area (TPSA) is 9.86 Å². The average molecular weight is 688 g/mol. The second kappa shape index (κ2) is 11.9. The van der Waals surface area contributed by atoms with Gasteiger partial charge in [0.2, 0.25) is 0 Å². The fourth-order valence-electron chi connectivity index (χ4n) is 7.15. The third-order valence-electron chi connectivity index (χ3n) is 9.22. The Labute approximate surface area is 327 Å². The van der Waals surface area contributed by atoms with Crippen LogP contribution in [0.3, 0.4) is 0 Å². The first kappa shape index (κ1) is 15.2. The number of hydrogen-bond donors (Lipinski definition) is 0. The van der Waals surface area contributed by atoms with E-state index in [1.54, 1.807) is 12.1 Å². The van der Waals surface area contributed by atoms with Gasteiger partial charge in [-0.05, 0) is 63.2 Å². The number of nitrogens with zero attached hydrogens (tertiary/aromatic N) is 2. The molecular formula is C48H34N2Si. The third-order valence-corrected chi connectivity index (χ3v) is 13.4. The highest BCUT2D eigenvalue weighted by Gasteiger charge is 2.41. The predicted molar refractivity (Wildman–Crippen MR) is 219 cm³/mol.